The van der Waals surface area contributed by atoms with Crippen LogP contribution in [-0.2, 0) is 12.8 Å². The first-order valence-electron chi connectivity index (χ1n) is 45.7. The maximum absolute atomic E-state index is 12.2. The smallest absolute Gasteiger partial charge is 0.201 e. The van der Waals surface area contributed by atoms with Crippen LogP contribution in [0.5, 0.6) is 149 Å². The van der Waals surface area contributed by atoms with Crippen molar-refractivity contribution in [2.45, 2.75) is 18.8 Å². The molecular weight excluding hydrogens is 1870 g/mol. The topological polar surface area (TPSA) is 477 Å². The lowest BCUT2D eigenvalue weighted by molar-refractivity contribution is 0.105. The second kappa shape index (κ2) is 46.5. The number of ketones is 1. The van der Waals surface area contributed by atoms with Gasteiger partial charge in [0.25, 0.3) is 0 Å². The van der Waals surface area contributed by atoms with E-state index in [4.69, 9.17) is 28.4 Å². The summed E-state index contributed by atoms with van der Waals surface area (Å²) in [4.78, 5) is 12.2. The molecule has 1 unspecified atom stereocenters. The maximum Gasteiger partial charge on any atom is 0.201 e. The van der Waals surface area contributed by atoms with Gasteiger partial charge < -0.3 is 131 Å². The van der Waals surface area contributed by atoms with Crippen LogP contribution in [0.3, 0.4) is 0 Å². The Balaban J connectivity index is 0.000000126. The van der Waals surface area contributed by atoms with Crippen LogP contribution in [0.25, 0.3) is 69.4 Å². The molecule has 147 heavy (non-hydrogen) atoms. The minimum Gasteiger partial charge on any atom is -0.508 e. The van der Waals surface area contributed by atoms with Crippen LogP contribution in [0.15, 0.2) is 341 Å². The molecular formula is C120H100O27. The first-order valence-corrected chi connectivity index (χ1v) is 45.7. The summed E-state index contributed by atoms with van der Waals surface area (Å²) < 4.78 is 33.5. The third kappa shape index (κ3) is 26.7. The van der Waals surface area contributed by atoms with Gasteiger partial charge in [-0.1, -0.05) is 141 Å². The molecule has 0 radical (unpaired) electrons. The number of allylic oxidation sites excluding steroid dienone is 2. The molecule has 20 N–H and O–H groups in total. The summed E-state index contributed by atoms with van der Waals surface area (Å²) in [5.74, 6) is 4.26. The van der Waals surface area contributed by atoms with Gasteiger partial charge in [0.05, 0.1) is 17.7 Å². The predicted molar refractivity (Wildman–Crippen MR) is 561 cm³/mol. The highest BCUT2D eigenvalue weighted by Gasteiger charge is 2.26. The van der Waals surface area contributed by atoms with Crippen molar-refractivity contribution in [1.82, 2.24) is 0 Å². The number of hydrogen-bond acceptors (Lipinski definition) is 27. The molecule has 0 aliphatic carbocycles. The van der Waals surface area contributed by atoms with Crippen molar-refractivity contribution in [3.63, 3.8) is 0 Å². The Kier molecular flexibility index (Phi) is 32.1. The molecule has 22 rings (SSSR count). The van der Waals surface area contributed by atoms with E-state index in [1.807, 2.05) is 78.9 Å². The highest BCUT2D eigenvalue weighted by molar-refractivity contribution is 6.29. The standard InChI is InChI=1S/4C15H12O4.C15H14O3.C15H12O3.C15H14O3.C15H12O2/c16-12-4-1-9(2-5-12)11-7-10-3-6-13(17)14(18)15(10)19-8-11;16-11-3-1-9(2-4-11)10-5-13-14(18)6-12(17)7-15(13)19-8-10;16-12-3-1-9(2-4-12)11-5-10-6-13(17)14(18)7-15(10)19-8-11;1-9(10-2-4-11(16)5-3-10)15(19)13-7-6-12(17)8-14(13)18;16-13-4-1-10(2-5-13)12-7-11-3-6-14(17)8-15(11)18-9-12;16-13-3-1-2-10(7-13)12-6-11-4-5-14(17)8-15(11)18-9-12;1-10(11-2-5-13(16)6-3-11)8-12-4-7-14(17)9-15(12)18;16-14-7-6-12-8-13(10-17-15(12)9-14)11-4-2-1-3-5-11/h3*1-7,16-18H,8H2;2-8,16-18H,1H2;1-6,8,12,16-17H,7,9H2;1-8,16-17H,9H2;2-7,9,16-18H,1,8H2;1-9,16H,10H2. The summed E-state index contributed by atoms with van der Waals surface area (Å²) in [6.45, 7) is 10.2. The summed E-state index contributed by atoms with van der Waals surface area (Å²) >= 11 is 0. The van der Waals surface area contributed by atoms with Crippen molar-refractivity contribution in [2.24, 2.45) is 0 Å². The quantitative estimate of drug-likeness (QED) is 0.0307. The van der Waals surface area contributed by atoms with Crippen LogP contribution in [0, 0.1) is 0 Å². The summed E-state index contributed by atoms with van der Waals surface area (Å²) in [5, 5.41) is 188. The molecule has 1 atom stereocenters. The fourth-order valence-corrected chi connectivity index (χ4v) is 15.9. The molecule has 0 bridgehead atoms. The lowest BCUT2D eigenvalue weighted by atomic mass is 9.90. The van der Waals surface area contributed by atoms with Crippen molar-refractivity contribution >= 4 is 75.2 Å². The van der Waals surface area contributed by atoms with E-state index in [0.717, 1.165) is 107 Å². The van der Waals surface area contributed by atoms with Gasteiger partial charge in [-0.05, 0) is 278 Å². The molecule has 742 valence electrons. The van der Waals surface area contributed by atoms with Gasteiger partial charge in [0.1, 0.15) is 154 Å². The van der Waals surface area contributed by atoms with E-state index in [2.05, 4.69) is 31.4 Å². The van der Waals surface area contributed by atoms with Gasteiger partial charge in [-0.3, -0.25) is 4.79 Å². The second-order valence-electron chi connectivity index (χ2n) is 34.2. The van der Waals surface area contributed by atoms with Crippen LogP contribution in [0.4, 0.5) is 0 Å². The Morgan fingerprint density at radius 3 is 1.20 bits per heavy atom. The van der Waals surface area contributed by atoms with E-state index in [-0.39, 0.29) is 126 Å². The molecule has 0 fully saturated rings. The zero-order valence-electron chi connectivity index (χ0n) is 78.5. The Labute approximate surface area is 843 Å². The lowest BCUT2D eigenvalue weighted by Crippen LogP contribution is -2.18. The molecule has 16 aromatic rings. The van der Waals surface area contributed by atoms with Gasteiger partial charge >= 0.3 is 0 Å². The molecule has 27 heteroatoms. The van der Waals surface area contributed by atoms with E-state index < -0.39 is 5.78 Å². The summed E-state index contributed by atoms with van der Waals surface area (Å²) in [7, 11) is 0. The average Bonchev–Trinajstić information content (AvgIpc) is 0.802. The third-order valence-corrected chi connectivity index (χ3v) is 23.8. The van der Waals surface area contributed by atoms with E-state index >= 15 is 0 Å². The van der Waals surface area contributed by atoms with Crippen molar-refractivity contribution in [1.29, 1.82) is 0 Å². The molecule has 0 saturated carbocycles. The van der Waals surface area contributed by atoms with Gasteiger partial charge in [0.2, 0.25) is 5.75 Å². The number of carbonyl (C=O) groups is 1. The zero-order valence-corrected chi connectivity index (χ0v) is 78.5. The van der Waals surface area contributed by atoms with Crippen LogP contribution < -0.4 is 28.4 Å². The number of phenolic OH excluding ortho intramolecular Hbond substituents is 20. The number of benzene rings is 16. The number of ether oxygens (including phenoxy) is 6. The van der Waals surface area contributed by atoms with Crippen LogP contribution in [0.1, 0.15) is 99.7 Å². The number of phenols is 20. The van der Waals surface area contributed by atoms with Gasteiger partial charge in [-0.25, -0.2) is 0 Å². The summed E-state index contributed by atoms with van der Waals surface area (Å²) in [6.07, 6.45) is 11.1. The molecule has 6 heterocycles. The molecule has 6 aliphatic heterocycles. The fourth-order valence-electron chi connectivity index (χ4n) is 15.9. The van der Waals surface area contributed by atoms with Crippen molar-refractivity contribution in [3.05, 3.63) is 430 Å². The van der Waals surface area contributed by atoms with Crippen LogP contribution in [0.2, 0.25) is 0 Å². The Bertz CT molecular complexity index is 7610. The minimum atomic E-state index is -0.441. The number of hydrogen-bond donors (Lipinski definition) is 20. The van der Waals surface area contributed by atoms with Crippen molar-refractivity contribution in [2.75, 3.05) is 39.6 Å². The molecule has 0 spiro atoms. The van der Waals surface area contributed by atoms with E-state index in [9.17, 15) is 107 Å². The van der Waals surface area contributed by atoms with E-state index in [1.165, 1.54) is 72.3 Å². The van der Waals surface area contributed by atoms with E-state index in [1.54, 1.807) is 188 Å². The normalized spacial score (nSPS) is 13.1. The van der Waals surface area contributed by atoms with Gasteiger partial charge in [-0.15, -0.1) is 0 Å². The molecule has 27 nitrogen and oxygen atoms in total. The summed E-state index contributed by atoms with van der Waals surface area (Å²) in [6, 6.07) is 90.1. The second-order valence-corrected chi connectivity index (χ2v) is 34.2. The molecule has 16 aromatic carbocycles. The minimum absolute atomic E-state index is 0.0222. The number of aromatic hydroxyl groups is 20. The number of fused-ring (bicyclic) bond motifs is 6. The monoisotopic (exact) mass is 1970 g/mol. The zero-order chi connectivity index (χ0) is 104. The average molecular weight is 1970 g/mol. The molecule has 0 saturated heterocycles. The Morgan fingerprint density at radius 1 is 0.272 bits per heavy atom. The highest BCUT2D eigenvalue weighted by atomic mass is 16.5. The predicted octanol–water partition coefficient (Wildman–Crippen LogP) is 23.1. The maximum atomic E-state index is 12.2. The fraction of sp³-hybridized carbons (Fsp3) is 0.0750. The highest BCUT2D eigenvalue weighted by Crippen LogP contribution is 2.46. The van der Waals surface area contributed by atoms with Gasteiger partial charge in [-0.2, -0.15) is 0 Å². The van der Waals surface area contributed by atoms with Crippen molar-refractivity contribution in [3.8, 4) is 149 Å². The molecule has 0 amide bonds. The lowest BCUT2D eigenvalue weighted by Gasteiger charge is -2.25. The van der Waals surface area contributed by atoms with Crippen molar-refractivity contribution < 1.29 is 135 Å². The summed E-state index contributed by atoms with van der Waals surface area (Å²) in [5.41, 5.74) is 19.3. The molecule has 6 aliphatic rings. The van der Waals surface area contributed by atoms with E-state index in [0.29, 0.717) is 103 Å². The van der Waals surface area contributed by atoms with Gasteiger partial charge in [0.15, 0.2) is 28.8 Å². The first kappa shape index (κ1) is 102. The number of rotatable bonds is 12. The largest absolute Gasteiger partial charge is 0.508 e. The third-order valence-electron chi connectivity index (χ3n) is 23.8. The Morgan fingerprint density at radius 2 is 0.667 bits per heavy atom. The SMILES string of the molecule is C=C(C(=O)c1ccc(O)cc1O)c1ccc(O)cc1.C=C(Cc1ccc(O)cc1O)c1ccc(O)cc1.Oc1ccc(C2=Cc3c(O)cc(O)cc3OC2)cc1.Oc1ccc(C2=Cc3cc(O)c(O)cc3OC2)cc1.Oc1ccc(C2=Cc3ccc(O)c(O)c3OC2)cc1.Oc1ccc(C2COc3cc(O)ccc3C2)cc1.Oc1ccc2c(c1)OCC(c1ccccc1)=C2.Oc1cccc(C2=Cc3ccc(O)cc3OC2)c1. The van der Waals surface area contributed by atoms with Gasteiger partial charge in [0, 0.05) is 88.7 Å². The van der Waals surface area contributed by atoms with Crippen LogP contribution >= 0.6 is 0 Å². The Hall–Kier alpha value is -19.8. The number of Topliss-reactive ketones (excluding diaryl/α,β-unsaturated/α-hetero) is 1. The first-order chi connectivity index (χ1) is 70.7. The van der Waals surface area contributed by atoms with Crippen LogP contribution in [-0.4, -0.2) is 148 Å². The number of carbonyl (C=O) groups excluding carboxylic acids is 1. The molecule has 0 aromatic heterocycles.